The molecule has 0 unspecified atom stereocenters. The lowest BCUT2D eigenvalue weighted by Crippen LogP contribution is -2.41. The lowest BCUT2D eigenvalue weighted by Gasteiger charge is -2.31. The summed E-state index contributed by atoms with van der Waals surface area (Å²) in [7, 11) is 1.41. The lowest BCUT2D eigenvalue weighted by molar-refractivity contribution is -0.142. The molecule has 1 aromatic carbocycles. The Kier molecular flexibility index (Phi) is 5.20. The molecule has 0 atom stereocenters. The molecule has 2 amide bonds. The maximum absolute atomic E-state index is 12.2. The van der Waals surface area contributed by atoms with Crippen molar-refractivity contribution in [3.63, 3.8) is 0 Å². The highest BCUT2D eigenvalue weighted by Gasteiger charge is 2.24. The molecule has 0 radical (unpaired) electrons. The molecular weight excluding hydrogens is 268 g/mol. The number of methoxy groups -OCH3 is 1. The number of hydrogen-bond donors (Lipinski definition) is 1. The fourth-order valence-corrected chi connectivity index (χ4v) is 2.58. The van der Waals surface area contributed by atoms with E-state index < -0.39 is 0 Å². The third-order valence-electron chi connectivity index (χ3n) is 3.85. The molecule has 2 rings (SSSR count). The summed E-state index contributed by atoms with van der Waals surface area (Å²) in [6.07, 6.45) is 2.14. The number of carbonyl (C=O) groups is 2. The number of likely N-dealkylation sites (tertiary alicyclic amines) is 1. The molecule has 1 aliphatic rings. The first-order chi connectivity index (χ1) is 10.1. The fraction of sp³-hybridized carbons (Fsp3) is 0.500. The van der Waals surface area contributed by atoms with E-state index in [-0.39, 0.29) is 12.0 Å². The quantitative estimate of drug-likeness (QED) is 0.871. The van der Waals surface area contributed by atoms with Gasteiger partial charge in [0.25, 0.3) is 0 Å². The number of anilines is 1. The topological polar surface area (TPSA) is 58.6 Å². The van der Waals surface area contributed by atoms with Gasteiger partial charge in [0.1, 0.15) is 0 Å². The minimum Gasteiger partial charge on any atom is -0.469 e. The van der Waals surface area contributed by atoms with Crippen molar-refractivity contribution in [3.8, 4) is 0 Å². The maximum atomic E-state index is 12.2. The third kappa shape index (κ3) is 4.48. The van der Waals surface area contributed by atoms with Crippen LogP contribution >= 0.6 is 0 Å². The SMILES string of the molecule is COC(=O)CC1CCN(C(=O)Nc2cccc(C)c2)CC1. The van der Waals surface area contributed by atoms with Crippen LogP contribution in [0.3, 0.4) is 0 Å². The predicted octanol–water partition coefficient (Wildman–Crippen LogP) is 2.80. The van der Waals surface area contributed by atoms with Gasteiger partial charge in [0, 0.05) is 25.2 Å². The molecule has 21 heavy (non-hydrogen) atoms. The number of amides is 2. The summed E-state index contributed by atoms with van der Waals surface area (Å²) in [5.41, 5.74) is 1.93. The van der Waals surface area contributed by atoms with Crippen LogP contribution in [-0.2, 0) is 9.53 Å². The van der Waals surface area contributed by atoms with E-state index in [9.17, 15) is 9.59 Å². The smallest absolute Gasteiger partial charge is 0.321 e. The second-order valence-electron chi connectivity index (χ2n) is 5.51. The average Bonchev–Trinajstić information content (AvgIpc) is 2.47. The van der Waals surface area contributed by atoms with Crippen molar-refractivity contribution in [2.24, 2.45) is 5.92 Å². The van der Waals surface area contributed by atoms with Crippen molar-refractivity contribution in [2.75, 3.05) is 25.5 Å². The van der Waals surface area contributed by atoms with Crippen molar-refractivity contribution < 1.29 is 14.3 Å². The van der Waals surface area contributed by atoms with Gasteiger partial charge >= 0.3 is 12.0 Å². The number of piperidine rings is 1. The molecule has 0 spiro atoms. The standard InChI is InChI=1S/C16H22N2O3/c1-12-4-3-5-14(10-12)17-16(20)18-8-6-13(7-9-18)11-15(19)21-2/h3-5,10,13H,6-9,11H2,1-2H3,(H,17,20). The Labute approximate surface area is 125 Å². The second-order valence-corrected chi connectivity index (χ2v) is 5.51. The van der Waals surface area contributed by atoms with Gasteiger partial charge in [0.15, 0.2) is 0 Å². The number of rotatable bonds is 3. The van der Waals surface area contributed by atoms with Gasteiger partial charge in [-0.3, -0.25) is 4.79 Å². The summed E-state index contributed by atoms with van der Waals surface area (Å²) in [6.45, 7) is 3.35. The van der Waals surface area contributed by atoms with Crippen LogP contribution in [0, 0.1) is 12.8 Å². The lowest BCUT2D eigenvalue weighted by atomic mass is 9.94. The van der Waals surface area contributed by atoms with Crippen LogP contribution in [-0.4, -0.2) is 37.1 Å². The van der Waals surface area contributed by atoms with Crippen molar-refractivity contribution in [1.82, 2.24) is 4.90 Å². The van der Waals surface area contributed by atoms with E-state index in [4.69, 9.17) is 0 Å². The third-order valence-corrected chi connectivity index (χ3v) is 3.85. The van der Waals surface area contributed by atoms with Crippen LogP contribution < -0.4 is 5.32 Å². The van der Waals surface area contributed by atoms with Crippen molar-refractivity contribution in [1.29, 1.82) is 0 Å². The molecule has 5 heteroatoms. The summed E-state index contributed by atoms with van der Waals surface area (Å²) in [6, 6.07) is 7.68. The summed E-state index contributed by atoms with van der Waals surface area (Å²) >= 11 is 0. The number of benzene rings is 1. The molecule has 114 valence electrons. The molecule has 0 bridgehead atoms. The highest BCUT2D eigenvalue weighted by atomic mass is 16.5. The summed E-state index contributed by atoms with van der Waals surface area (Å²) < 4.78 is 4.69. The number of urea groups is 1. The van der Waals surface area contributed by atoms with Crippen LogP contribution in [0.2, 0.25) is 0 Å². The van der Waals surface area contributed by atoms with Gasteiger partial charge in [-0.25, -0.2) is 4.79 Å². The molecule has 0 saturated carbocycles. The van der Waals surface area contributed by atoms with Gasteiger partial charge in [-0.15, -0.1) is 0 Å². The predicted molar refractivity (Wildman–Crippen MR) is 81.1 cm³/mol. The Morgan fingerprint density at radius 2 is 2.05 bits per heavy atom. The minimum atomic E-state index is -0.169. The van der Waals surface area contributed by atoms with Crippen LogP contribution in [0.4, 0.5) is 10.5 Å². The number of hydrogen-bond acceptors (Lipinski definition) is 3. The number of esters is 1. The summed E-state index contributed by atoms with van der Waals surface area (Å²) in [5, 5.41) is 2.91. The van der Waals surface area contributed by atoms with Gasteiger partial charge in [-0.2, -0.15) is 0 Å². The van der Waals surface area contributed by atoms with Crippen LogP contribution in [0.1, 0.15) is 24.8 Å². The number of carbonyl (C=O) groups excluding carboxylic acids is 2. The summed E-state index contributed by atoms with van der Waals surface area (Å²) in [4.78, 5) is 25.2. The monoisotopic (exact) mass is 290 g/mol. The zero-order chi connectivity index (χ0) is 15.2. The van der Waals surface area contributed by atoms with E-state index >= 15 is 0 Å². The van der Waals surface area contributed by atoms with Gasteiger partial charge in [0.05, 0.1) is 7.11 Å². The molecule has 1 fully saturated rings. The van der Waals surface area contributed by atoms with E-state index in [1.54, 1.807) is 4.90 Å². The summed E-state index contributed by atoms with van der Waals surface area (Å²) in [5.74, 6) is 0.151. The molecule has 1 aliphatic heterocycles. The largest absolute Gasteiger partial charge is 0.469 e. The Morgan fingerprint density at radius 3 is 2.67 bits per heavy atom. The highest BCUT2D eigenvalue weighted by Crippen LogP contribution is 2.21. The Bertz CT molecular complexity index is 508. The molecule has 0 aromatic heterocycles. The highest BCUT2D eigenvalue weighted by molar-refractivity contribution is 5.89. The van der Waals surface area contributed by atoms with E-state index in [1.165, 1.54) is 7.11 Å². The van der Waals surface area contributed by atoms with Gasteiger partial charge in [-0.05, 0) is 43.4 Å². The number of aryl methyl sites for hydroxylation is 1. The van der Waals surface area contributed by atoms with Crippen molar-refractivity contribution >= 4 is 17.7 Å². The molecule has 5 nitrogen and oxygen atoms in total. The van der Waals surface area contributed by atoms with Crippen LogP contribution in [0.25, 0.3) is 0 Å². The van der Waals surface area contributed by atoms with Gasteiger partial charge in [0.2, 0.25) is 0 Å². The number of nitrogens with zero attached hydrogens (tertiary/aromatic N) is 1. The zero-order valence-electron chi connectivity index (χ0n) is 12.6. The van der Waals surface area contributed by atoms with Crippen LogP contribution in [0.15, 0.2) is 24.3 Å². The molecule has 1 saturated heterocycles. The Balaban J connectivity index is 1.82. The Hall–Kier alpha value is -2.04. The van der Waals surface area contributed by atoms with Crippen molar-refractivity contribution in [3.05, 3.63) is 29.8 Å². The number of ether oxygens (including phenoxy) is 1. The fourth-order valence-electron chi connectivity index (χ4n) is 2.58. The molecule has 1 N–H and O–H groups in total. The van der Waals surface area contributed by atoms with E-state index in [0.717, 1.165) is 24.1 Å². The molecule has 1 aromatic rings. The van der Waals surface area contributed by atoms with Crippen LogP contribution in [0.5, 0.6) is 0 Å². The average molecular weight is 290 g/mol. The van der Waals surface area contributed by atoms with E-state index in [0.29, 0.717) is 25.4 Å². The van der Waals surface area contributed by atoms with Crippen molar-refractivity contribution in [2.45, 2.75) is 26.2 Å². The first-order valence-electron chi connectivity index (χ1n) is 7.28. The maximum Gasteiger partial charge on any atom is 0.321 e. The van der Waals surface area contributed by atoms with E-state index in [2.05, 4.69) is 10.1 Å². The molecule has 1 heterocycles. The normalized spacial score (nSPS) is 15.6. The van der Waals surface area contributed by atoms with Gasteiger partial charge < -0.3 is 15.0 Å². The first kappa shape index (κ1) is 15.4. The first-order valence-corrected chi connectivity index (χ1v) is 7.28. The molecule has 0 aliphatic carbocycles. The second kappa shape index (κ2) is 7.11. The Morgan fingerprint density at radius 1 is 1.33 bits per heavy atom. The van der Waals surface area contributed by atoms with Gasteiger partial charge in [-0.1, -0.05) is 12.1 Å². The molecular formula is C16H22N2O3. The number of nitrogens with one attached hydrogen (secondary N) is 1. The zero-order valence-corrected chi connectivity index (χ0v) is 12.6. The minimum absolute atomic E-state index is 0.0721. The van der Waals surface area contributed by atoms with E-state index in [1.807, 2.05) is 31.2 Å².